The van der Waals surface area contributed by atoms with Crippen LogP contribution in [0.15, 0.2) is 24.3 Å². The molecule has 0 bridgehead atoms. The Morgan fingerprint density at radius 3 is 2.85 bits per heavy atom. The number of anilines is 1. The second-order valence-corrected chi connectivity index (χ2v) is 9.37. The van der Waals surface area contributed by atoms with Crippen molar-refractivity contribution >= 4 is 17.7 Å². The molecule has 3 heterocycles. The van der Waals surface area contributed by atoms with Gasteiger partial charge in [0.15, 0.2) is 0 Å². The van der Waals surface area contributed by atoms with Gasteiger partial charge in [-0.2, -0.15) is 0 Å². The normalized spacial score (nSPS) is 22.0. The topological polar surface area (TPSA) is 110 Å². The lowest BCUT2D eigenvalue weighted by Crippen LogP contribution is -2.38. The average molecular weight is 466 g/mol. The van der Waals surface area contributed by atoms with Crippen molar-refractivity contribution in [3.05, 3.63) is 35.4 Å². The highest BCUT2D eigenvalue weighted by molar-refractivity contribution is 6.07. The van der Waals surface area contributed by atoms with Crippen LogP contribution in [0.2, 0.25) is 0 Å². The Labute approximate surface area is 199 Å². The molecule has 1 saturated carbocycles. The third-order valence-corrected chi connectivity index (χ3v) is 6.86. The molecule has 2 atom stereocenters. The minimum absolute atomic E-state index is 0.0833. The standard InChI is InChI=1S/C26H31N3O5/c1-2-33-26(32)19-11-18-17(16-5-4-10-27-13-16)12-20(28-24(18)29-25(19)31)23-21(30)6-3-7-22(23)34-14-15-8-9-15/h3,6-7,12,15-16,19,27,30H,2,4-5,8-11,13-14H2,1H3,(H,28,29,31). The van der Waals surface area contributed by atoms with E-state index in [1.54, 1.807) is 19.1 Å². The van der Waals surface area contributed by atoms with E-state index >= 15 is 0 Å². The Bertz CT molecular complexity index is 1090. The number of aromatic hydroxyl groups is 1. The number of carbonyl (C=O) groups is 2. The molecule has 1 amide bonds. The number of hydrogen-bond donors (Lipinski definition) is 3. The molecule has 2 fully saturated rings. The number of ether oxygens (including phenoxy) is 2. The summed E-state index contributed by atoms with van der Waals surface area (Å²) in [7, 11) is 0. The first kappa shape index (κ1) is 22.7. The Kier molecular flexibility index (Phi) is 6.41. The van der Waals surface area contributed by atoms with Crippen molar-refractivity contribution in [3.8, 4) is 22.8 Å². The lowest BCUT2D eigenvalue weighted by Gasteiger charge is -2.30. The van der Waals surface area contributed by atoms with Gasteiger partial charge in [0.25, 0.3) is 0 Å². The molecule has 3 aliphatic rings. The smallest absolute Gasteiger partial charge is 0.318 e. The molecule has 1 aromatic carbocycles. The fourth-order valence-corrected chi connectivity index (χ4v) is 4.84. The van der Waals surface area contributed by atoms with E-state index < -0.39 is 17.8 Å². The molecule has 1 aliphatic carbocycles. The van der Waals surface area contributed by atoms with E-state index in [0.717, 1.165) is 49.9 Å². The zero-order valence-corrected chi connectivity index (χ0v) is 19.4. The highest BCUT2D eigenvalue weighted by Gasteiger charge is 2.37. The molecule has 8 nitrogen and oxygen atoms in total. The van der Waals surface area contributed by atoms with Crippen LogP contribution < -0.4 is 15.4 Å². The average Bonchev–Trinajstić information content (AvgIpc) is 3.67. The number of benzene rings is 1. The maximum atomic E-state index is 12.8. The minimum Gasteiger partial charge on any atom is -0.507 e. The lowest BCUT2D eigenvalue weighted by atomic mass is 9.83. The number of rotatable bonds is 7. The fraction of sp³-hybridized carbons (Fsp3) is 0.500. The highest BCUT2D eigenvalue weighted by atomic mass is 16.5. The first-order valence-corrected chi connectivity index (χ1v) is 12.2. The third kappa shape index (κ3) is 4.59. The van der Waals surface area contributed by atoms with Crippen LogP contribution in [0.3, 0.4) is 0 Å². The van der Waals surface area contributed by atoms with Crippen LogP contribution in [0.4, 0.5) is 5.82 Å². The molecule has 5 rings (SSSR count). The van der Waals surface area contributed by atoms with Gasteiger partial charge >= 0.3 is 5.97 Å². The quantitative estimate of drug-likeness (QED) is 0.425. The molecular formula is C26H31N3O5. The summed E-state index contributed by atoms with van der Waals surface area (Å²) in [6.07, 6.45) is 4.62. The Morgan fingerprint density at radius 1 is 1.26 bits per heavy atom. The Hall–Kier alpha value is -3.13. The molecule has 2 aliphatic heterocycles. The molecule has 3 N–H and O–H groups in total. The minimum atomic E-state index is -0.891. The molecule has 1 aromatic heterocycles. The number of phenols is 1. The van der Waals surface area contributed by atoms with E-state index in [0.29, 0.717) is 35.3 Å². The van der Waals surface area contributed by atoms with Crippen LogP contribution in [0, 0.1) is 11.8 Å². The summed E-state index contributed by atoms with van der Waals surface area (Å²) in [6.45, 7) is 4.34. The van der Waals surface area contributed by atoms with Crippen molar-refractivity contribution in [2.24, 2.45) is 11.8 Å². The number of phenolic OH excluding ortho intramolecular Hbond substituents is 1. The number of amides is 1. The summed E-state index contributed by atoms with van der Waals surface area (Å²) < 4.78 is 11.2. The summed E-state index contributed by atoms with van der Waals surface area (Å²) in [5.74, 6) is 0.0692. The van der Waals surface area contributed by atoms with Gasteiger partial charge < -0.3 is 25.2 Å². The van der Waals surface area contributed by atoms with Crippen molar-refractivity contribution in [1.29, 1.82) is 0 Å². The molecular weight excluding hydrogens is 434 g/mol. The van der Waals surface area contributed by atoms with E-state index in [1.165, 1.54) is 0 Å². The number of carbonyl (C=O) groups excluding carboxylic acids is 2. The first-order valence-electron chi connectivity index (χ1n) is 12.2. The van der Waals surface area contributed by atoms with E-state index in [2.05, 4.69) is 10.6 Å². The maximum Gasteiger partial charge on any atom is 0.318 e. The maximum absolute atomic E-state index is 12.8. The monoisotopic (exact) mass is 465 g/mol. The predicted molar refractivity (Wildman–Crippen MR) is 127 cm³/mol. The number of pyridine rings is 1. The van der Waals surface area contributed by atoms with E-state index in [4.69, 9.17) is 14.5 Å². The van der Waals surface area contributed by atoms with Crippen LogP contribution in [-0.4, -0.2) is 48.3 Å². The van der Waals surface area contributed by atoms with Gasteiger partial charge in [-0.25, -0.2) is 4.98 Å². The van der Waals surface area contributed by atoms with E-state index in [1.807, 2.05) is 12.1 Å². The van der Waals surface area contributed by atoms with Gasteiger partial charge in [0, 0.05) is 6.54 Å². The molecule has 0 spiro atoms. The molecule has 8 heteroatoms. The third-order valence-electron chi connectivity index (χ3n) is 6.86. The molecule has 1 saturated heterocycles. The predicted octanol–water partition coefficient (Wildman–Crippen LogP) is 3.38. The number of hydrogen-bond acceptors (Lipinski definition) is 7. The number of piperidine rings is 1. The molecule has 34 heavy (non-hydrogen) atoms. The van der Waals surface area contributed by atoms with E-state index in [-0.39, 0.29) is 24.7 Å². The number of aromatic nitrogens is 1. The first-order chi connectivity index (χ1) is 16.5. The van der Waals surface area contributed by atoms with E-state index in [9.17, 15) is 14.7 Å². The summed E-state index contributed by atoms with van der Waals surface area (Å²) in [5, 5.41) is 17.1. The lowest BCUT2D eigenvalue weighted by molar-refractivity contribution is -0.151. The van der Waals surface area contributed by atoms with Gasteiger partial charge in [0.1, 0.15) is 23.2 Å². The van der Waals surface area contributed by atoms with Gasteiger partial charge in [-0.15, -0.1) is 0 Å². The van der Waals surface area contributed by atoms with Gasteiger partial charge in [-0.05, 0) is 86.7 Å². The van der Waals surface area contributed by atoms with Crippen LogP contribution >= 0.6 is 0 Å². The summed E-state index contributed by atoms with van der Waals surface area (Å²) >= 11 is 0. The zero-order valence-electron chi connectivity index (χ0n) is 19.4. The fourth-order valence-electron chi connectivity index (χ4n) is 4.84. The molecule has 2 unspecified atom stereocenters. The van der Waals surface area contributed by atoms with Crippen LogP contribution in [0.1, 0.15) is 49.7 Å². The van der Waals surface area contributed by atoms with Crippen molar-refractivity contribution < 1.29 is 24.2 Å². The SMILES string of the molecule is CCOC(=O)C1Cc2c(C3CCCNC3)cc(-c3c(O)cccc3OCC3CC3)nc2NC1=O. The largest absolute Gasteiger partial charge is 0.507 e. The van der Waals surface area contributed by atoms with Crippen molar-refractivity contribution in [2.75, 3.05) is 31.6 Å². The number of nitrogens with zero attached hydrogens (tertiary/aromatic N) is 1. The van der Waals surface area contributed by atoms with Crippen molar-refractivity contribution in [2.45, 2.75) is 44.9 Å². The number of nitrogens with one attached hydrogen (secondary N) is 2. The summed E-state index contributed by atoms with van der Waals surface area (Å²) in [5.41, 5.74) is 2.99. The summed E-state index contributed by atoms with van der Waals surface area (Å²) in [4.78, 5) is 30.0. The summed E-state index contributed by atoms with van der Waals surface area (Å²) in [6, 6.07) is 7.22. The van der Waals surface area contributed by atoms with Crippen molar-refractivity contribution in [1.82, 2.24) is 10.3 Å². The van der Waals surface area contributed by atoms with Gasteiger partial charge in [-0.3, -0.25) is 9.59 Å². The molecule has 0 radical (unpaired) electrons. The number of esters is 1. The zero-order chi connectivity index (χ0) is 23.7. The van der Waals surface area contributed by atoms with Gasteiger partial charge in [0.2, 0.25) is 5.91 Å². The van der Waals surface area contributed by atoms with Crippen LogP contribution in [-0.2, 0) is 20.7 Å². The second kappa shape index (κ2) is 9.62. The van der Waals surface area contributed by atoms with Crippen LogP contribution in [0.5, 0.6) is 11.5 Å². The Morgan fingerprint density at radius 2 is 2.12 bits per heavy atom. The van der Waals surface area contributed by atoms with Crippen LogP contribution in [0.25, 0.3) is 11.3 Å². The number of fused-ring (bicyclic) bond motifs is 1. The van der Waals surface area contributed by atoms with Gasteiger partial charge in [0.05, 0.1) is 24.5 Å². The molecule has 180 valence electrons. The Balaban J connectivity index is 1.58. The second-order valence-electron chi connectivity index (χ2n) is 9.37. The van der Waals surface area contributed by atoms with Gasteiger partial charge in [-0.1, -0.05) is 6.07 Å². The highest BCUT2D eigenvalue weighted by Crippen LogP contribution is 2.43. The molecule has 2 aromatic rings. The van der Waals surface area contributed by atoms with Crippen molar-refractivity contribution in [3.63, 3.8) is 0 Å².